The van der Waals surface area contributed by atoms with E-state index in [0.29, 0.717) is 5.92 Å². The van der Waals surface area contributed by atoms with Gasteiger partial charge in [-0.3, -0.25) is 14.9 Å². The van der Waals surface area contributed by atoms with Crippen molar-refractivity contribution in [3.05, 3.63) is 34.4 Å². The van der Waals surface area contributed by atoms with Gasteiger partial charge in [0.2, 0.25) is 0 Å². The van der Waals surface area contributed by atoms with Crippen molar-refractivity contribution in [3.8, 4) is 5.75 Å². The maximum atomic E-state index is 11.7. The molecule has 0 heterocycles. The highest BCUT2D eigenvalue weighted by Crippen LogP contribution is 2.25. The molecule has 0 aliphatic heterocycles. The van der Waals surface area contributed by atoms with E-state index in [1.165, 1.54) is 18.6 Å². The highest BCUT2D eigenvalue weighted by atomic mass is 16.6. The highest BCUT2D eigenvalue weighted by Gasteiger charge is 2.16. The third-order valence-electron chi connectivity index (χ3n) is 3.51. The van der Waals surface area contributed by atoms with Crippen LogP contribution in [0.3, 0.4) is 0 Å². The summed E-state index contributed by atoms with van der Waals surface area (Å²) in [5, 5.41) is 14.9. The van der Waals surface area contributed by atoms with E-state index in [1.54, 1.807) is 12.1 Å². The molecule has 7 nitrogen and oxygen atoms in total. The summed E-state index contributed by atoms with van der Waals surface area (Å²) in [6.07, 6.45) is 4.07. The molecular weight excluding hydrogens is 286 g/mol. The molecule has 0 saturated heterocycles. The number of nitro groups is 1. The van der Waals surface area contributed by atoms with Crippen LogP contribution in [0.1, 0.15) is 32.6 Å². The summed E-state index contributed by atoms with van der Waals surface area (Å²) in [5.41, 5.74) is 3.27. The zero-order valence-electron chi connectivity index (χ0n) is 12.4. The Hall–Kier alpha value is -2.44. The number of nitro benzene ring substituents is 1. The van der Waals surface area contributed by atoms with Gasteiger partial charge in [-0.2, -0.15) is 5.10 Å². The van der Waals surface area contributed by atoms with Crippen molar-refractivity contribution in [2.75, 3.05) is 6.61 Å². The Labute approximate surface area is 128 Å². The number of carbonyl (C=O) groups excluding carboxylic acids is 1. The molecule has 0 bridgehead atoms. The molecule has 1 N–H and O–H groups in total. The number of benzene rings is 1. The van der Waals surface area contributed by atoms with E-state index >= 15 is 0 Å². The second-order valence-corrected chi connectivity index (χ2v) is 5.43. The summed E-state index contributed by atoms with van der Waals surface area (Å²) in [5.74, 6) is 0.234. The maximum absolute atomic E-state index is 11.7. The molecule has 22 heavy (non-hydrogen) atoms. The topological polar surface area (TPSA) is 93.8 Å². The van der Waals surface area contributed by atoms with Gasteiger partial charge in [-0.05, 0) is 37.7 Å². The fourth-order valence-corrected chi connectivity index (χ4v) is 2.41. The lowest BCUT2D eigenvalue weighted by atomic mass is 9.89. The predicted molar refractivity (Wildman–Crippen MR) is 81.8 cm³/mol. The van der Waals surface area contributed by atoms with Crippen molar-refractivity contribution >= 4 is 17.3 Å². The summed E-state index contributed by atoms with van der Waals surface area (Å²) in [7, 11) is 0. The number of amides is 1. The number of nitrogens with zero attached hydrogens (tertiary/aromatic N) is 2. The van der Waals surface area contributed by atoms with E-state index in [2.05, 4.69) is 17.5 Å². The van der Waals surface area contributed by atoms with Crippen LogP contribution in [-0.4, -0.2) is 23.1 Å². The van der Waals surface area contributed by atoms with Crippen LogP contribution in [0.5, 0.6) is 5.75 Å². The van der Waals surface area contributed by atoms with Crippen LogP contribution in [0.15, 0.2) is 29.4 Å². The van der Waals surface area contributed by atoms with E-state index in [1.807, 2.05) is 0 Å². The third-order valence-corrected chi connectivity index (χ3v) is 3.51. The minimum atomic E-state index is -0.545. The van der Waals surface area contributed by atoms with Gasteiger partial charge in [-0.1, -0.05) is 19.1 Å². The van der Waals surface area contributed by atoms with Crippen LogP contribution >= 0.6 is 0 Å². The number of hydrazone groups is 1. The molecule has 1 atom stereocenters. The summed E-state index contributed by atoms with van der Waals surface area (Å²) in [4.78, 5) is 22.0. The van der Waals surface area contributed by atoms with Crippen molar-refractivity contribution in [2.24, 2.45) is 11.0 Å². The SMILES string of the molecule is C[C@@H]1CCC/C(=N/NC(=O)COc2ccccc2[N+](=O)[O-])C1. The monoisotopic (exact) mass is 305 g/mol. The van der Waals surface area contributed by atoms with Crippen LogP contribution in [-0.2, 0) is 4.79 Å². The molecule has 0 spiro atoms. The lowest BCUT2D eigenvalue weighted by Gasteiger charge is -2.18. The van der Waals surface area contributed by atoms with Gasteiger partial charge in [0.25, 0.3) is 5.91 Å². The van der Waals surface area contributed by atoms with Gasteiger partial charge < -0.3 is 4.74 Å². The molecule has 1 aliphatic rings. The first-order chi connectivity index (χ1) is 10.6. The lowest BCUT2D eigenvalue weighted by molar-refractivity contribution is -0.385. The average Bonchev–Trinajstić information content (AvgIpc) is 2.51. The quantitative estimate of drug-likeness (QED) is 0.668. The second kappa shape index (κ2) is 7.53. The molecule has 2 rings (SSSR count). The molecular formula is C15H19N3O4. The third kappa shape index (κ3) is 4.54. The first-order valence-electron chi connectivity index (χ1n) is 7.26. The predicted octanol–water partition coefficient (Wildman–Crippen LogP) is 2.66. The normalized spacial score (nSPS) is 19.7. The van der Waals surface area contributed by atoms with Crippen LogP contribution in [0.25, 0.3) is 0 Å². The van der Waals surface area contributed by atoms with E-state index in [0.717, 1.165) is 25.0 Å². The molecule has 1 aliphatic carbocycles. The van der Waals surface area contributed by atoms with Crippen LogP contribution in [0.2, 0.25) is 0 Å². The van der Waals surface area contributed by atoms with Crippen LogP contribution in [0, 0.1) is 16.0 Å². The minimum absolute atomic E-state index is 0.0709. The molecule has 1 amide bonds. The summed E-state index contributed by atoms with van der Waals surface area (Å²) >= 11 is 0. The number of rotatable bonds is 5. The van der Waals surface area contributed by atoms with Gasteiger partial charge in [-0.15, -0.1) is 0 Å². The van der Waals surface area contributed by atoms with Gasteiger partial charge in [0.1, 0.15) is 0 Å². The summed E-state index contributed by atoms with van der Waals surface area (Å²) in [6.45, 7) is 1.85. The first kappa shape index (κ1) is 15.9. The fraction of sp³-hybridized carbons (Fsp3) is 0.467. The Kier molecular flexibility index (Phi) is 5.46. The molecule has 1 aromatic rings. The molecule has 7 heteroatoms. The van der Waals surface area contributed by atoms with Crippen molar-refractivity contribution in [1.82, 2.24) is 5.43 Å². The van der Waals surface area contributed by atoms with Gasteiger partial charge in [0.15, 0.2) is 12.4 Å². The number of ether oxygens (including phenoxy) is 1. The Morgan fingerprint density at radius 1 is 1.50 bits per heavy atom. The van der Waals surface area contributed by atoms with E-state index in [4.69, 9.17) is 4.74 Å². The van der Waals surface area contributed by atoms with Gasteiger partial charge in [-0.25, -0.2) is 5.43 Å². The summed E-state index contributed by atoms with van der Waals surface area (Å²) < 4.78 is 5.20. The number of carbonyl (C=O) groups is 1. The Morgan fingerprint density at radius 3 is 3.00 bits per heavy atom. The van der Waals surface area contributed by atoms with Crippen molar-refractivity contribution in [3.63, 3.8) is 0 Å². The van der Waals surface area contributed by atoms with E-state index < -0.39 is 10.8 Å². The molecule has 0 aromatic heterocycles. The molecule has 118 valence electrons. The Morgan fingerprint density at radius 2 is 2.27 bits per heavy atom. The molecule has 0 unspecified atom stereocenters. The zero-order valence-corrected chi connectivity index (χ0v) is 12.4. The fourth-order valence-electron chi connectivity index (χ4n) is 2.41. The van der Waals surface area contributed by atoms with E-state index in [-0.39, 0.29) is 18.0 Å². The molecule has 1 fully saturated rings. The molecule has 1 saturated carbocycles. The smallest absolute Gasteiger partial charge is 0.310 e. The van der Waals surface area contributed by atoms with Gasteiger partial charge >= 0.3 is 5.69 Å². The number of hydrogen-bond acceptors (Lipinski definition) is 5. The lowest BCUT2D eigenvalue weighted by Crippen LogP contribution is -2.27. The van der Waals surface area contributed by atoms with Crippen molar-refractivity contribution in [2.45, 2.75) is 32.6 Å². The standard InChI is InChI=1S/C15H19N3O4/c1-11-5-4-6-12(9-11)16-17-15(19)10-22-14-8-3-2-7-13(14)18(20)21/h2-3,7-8,11H,4-6,9-10H2,1H3,(H,17,19)/b16-12-/t11-/m1/s1. The Balaban J connectivity index is 1.86. The second-order valence-electron chi connectivity index (χ2n) is 5.43. The van der Waals surface area contributed by atoms with E-state index in [9.17, 15) is 14.9 Å². The number of nitrogens with one attached hydrogen (secondary N) is 1. The maximum Gasteiger partial charge on any atom is 0.310 e. The van der Waals surface area contributed by atoms with Crippen LogP contribution < -0.4 is 10.2 Å². The first-order valence-corrected chi connectivity index (χ1v) is 7.26. The molecule has 1 aromatic carbocycles. The van der Waals surface area contributed by atoms with Crippen molar-refractivity contribution < 1.29 is 14.5 Å². The minimum Gasteiger partial charge on any atom is -0.477 e. The van der Waals surface area contributed by atoms with Gasteiger partial charge in [0, 0.05) is 11.8 Å². The summed E-state index contributed by atoms with van der Waals surface area (Å²) in [6, 6.07) is 5.95. The average molecular weight is 305 g/mol. The zero-order chi connectivity index (χ0) is 15.9. The van der Waals surface area contributed by atoms with Crippen molar-refractivity contribution in [1.29, 1.82) is 0 Å². The Bertz CT molecular complexity index is 586. The molecule has 0 radical (unpaired) electrons. The largest absolute Gasteiger partial charge is 0.477 e. The highest BCUT2D eigenvalue weighted by molar-refractivity contribution is 5.87. The van der Waals surface area contributed by atoms with Gasteiger partial charge in [0.05, 0.1) is 4.92 Å². The van der Waals surface area contributed by atoms with Crippen LogP contribution in [0.4, 0.5) is 5.69 Å². The number of para-hydroxylation sites is 2. The number of hydrogen-bond donors (Lipinski definition) is 1.